The topological polar surface area (TPSA) is 102 Å². The van der Waals surface area contributed by atoms with Gasteiger partial charge in [0.15, 0.2) is 0 Å². The zero-order chi connectivity index (χ0) is 10.3. The number of carboxylic acid groups (broad SMARTS) is 1. The molecule has 74 valence electrons. The first-order valence-corrected chi connectivity index (χ1v) is 3.57. The van der Waals surface area contributed by atoms with E-state index in [0.717, 1.165) is 0 Å². The van der Waals surface area contributed by atoms with Gasteiger partial charge in [-0.1, -0.05) is 12.7 Å². The van der Waals surface area contributed by atoms with Crippen LogP contribution in [0.5, 0.6) is 0 Å². The van der Waals surface area contributed by atoms with E-state index < -0.39 is 18.1 Å². The quantitative estimate of drug-likeness (QED) is 0.496. The van der Waals surface area contributed by atoms with Gasteiger partial charge in [-0.15, -0.1) is 0 Å². The van der Waals surface area contributed by atoms with E-state index in [2.05, 4.69) is 16.6 Å². The molecule has 0 aliphatic heterocycles. The molecule has 1 atom stereocenters. The van der Waals surface area contributed by atoms with Gasteiger partial charge < -0.3 is 20.9 Å². The highest BCUT2D eigenvalue weighted by molar-refractivity contribution is 5.75. The maximum atomic E-state index is 10.7. The Labute approximate surface area is 75.4 Å². The van der Waals surface area contributed by atoms with Gasteiger partial charge in [0.2, 0.25) is 0 Å². The highest BCUT2D eigenvalue weighted by atomic mass is 16.5. The van der Waals surface area contributed by atoms with Gasteiger partial charge in [0.05, 0.1) is 0 Å². The lowest BCUT2D eigenvalue weighted by Crippen LogP contribution is -2.42. The third-order valence-corrected chi connectivity index (χ3v) is 1.12. The Morgan fingerprint density at radius 2 is 2.31 bits per heavy atom. The van der Waals surface area contributed by atoms with Gasteiger partial charge in [-0.05, 0) is 0 Å². The molecule has 0 spiro atoms. The van der Waals surface area contributed by atoms with E-state index in [1.807, 2.05) is 0 Å². The van der Waals surface area contributed by atoms with Crippen LogP contribution in [0.4, 0.5) is 4.79 Å². The Balaban J connectivity index is 3.57. The highest BCUT2D eigenvalue weighted by Crippen LogP contribution is 1.80. The smallest absolute Gasteiger partial charge is 0.407 e. The van der Waals surface area contributed by atoms with Crippen molar-refractivity contribution in [1.82, 2.24) is 5.32 Å². The Bertz CT molecular complexity index is 205. The van der Waals surface area contributed by atoms with Crippen LogP contribution in [0.3, 0.4) is 0 Å². The van der Waals surface area contributed by atoms with E-state index in [1.165, 1.54) is 6.08 Å². The van der Waals surface area contributed by atoms with E-state index in [-0.39, 0.29) is 13.2 Å². The van der Waals surface area contributed by atoms with Crippen molar-refractivity contribution in [2.24, 2.45) is 5.73 Å². The molecule has 0 aromatic rings. The summed E-state index contributed by atoms with van der Waals surface area (Å²) in [6.45, 7) is 3.25. The van der Waals surface area contributed by atoms with Crippen molar-refractivity contribution in [3.8, 4) is 0 Å². The van der Waals surface area contributed by atoms with Crippen molar-refractivity contribution in [2.75, 3.05) is 13.2 Å². The number of rotatable bonds is 5. The fraction of sp³-hybridized carbons (Fsp3) is 0.429. The zero-order valence-corrected chi connectivity index (χ0v) is 7.03. The summed E-state index contributed by atoms with van der Waals surface area (Å²) >= 11 is 0. The minimum Gasteiger partial charge on any atom is -0.480 e. The first kappa shape index (κ1) is 11.4. The third-order valence-electron chi connectivity index (χ3n) is 1.12. The second-order valence-corrected chi connectivity index (χ2v) is 2.21. The Kier molecular flexibility index (Phi) is 5.29. The number of aliphatic carboxylic acids is 1. The van der Waals surface area contributed by atoms with Crippen molar-refractivity contribution in [3.63, 3.8) is 0 Å². The maximum absolute atomic E-state index is 10.7. The minimum absolute atomic E-state index is 0.0775. The summed E-state index contributed by atoms with van der Waals surface area (Å²) < 4.78 is 4.50. The number of hydrogen-bond acceptors (Lipinski definition) is 4. The number of nitrogens with one attached hydrogen (secondary N) is 1. The normalized spacial score (nSPS) is 11.5. The Hall–Kier alpha value is -1.56. The minimum atomic E-state index is -1.18. The number of amides is 1. The average Bonchev–Trinajstić information content (AvgIpc) is 2.10. The summed E-state index contributed by atoms with van der Waals surface area (Å²) in [7, 11) is 0. The van der Waals surface area contributed by atoms with Crippen LogP contribution in [-0.2, 0) is 9.53 Å². The van der Waals surface area contributed by atoms with Crippen LogP contribution in [0, 0.1) is 0 Å². The number of hydrogen-bond donors (Lipinski definition) is 3. The third kappa shape index (κ3) is 5.68. The molecule has 0 bridgehead atoms. The molecular weight excluding hydrogens is 176 g/mol. The molecule has 0 aliphatic carbocycles. The van der Waals surface area contributed by atoms with Gasteiger partial charge in [0.1, 0.15) is 12.6 Å². The van der Waals surface area contributed by atoms with E-state index in [4.69, 9.17) is 10.8 Å². The molecule has 0 unspecified atom stereocenters. The van der Waals surface area contributed by atoms with E-state index in [0.29, 0.717) is 0 Å². The van der Waals surface area contributed by atoms with Gasteiger partial charge in [0, 0.05) is 6.54 Å². The average molecular weight is 188 g/mol. The summed E-state index contributed by atoms with van der Waals surface area (Å²) in [5.74, 6) is -1.18. The van der Waals surface area contributed by atoms with Crippen LogP contribution in [-0.4, -0.2) is 36.4 Å². The number of carboxylic acids is 1. The lowest BCUT2D eigenvalue weighted by Gasteiger charge is -2.07. The van der Waals surface area contributed by atoms with Crippen LogP contribution >= 0.6 is 0 Å². The largest absolute Gasteiger partial charge is 0.480 e. The molecule has 0 saturated carbocycles. The van der Waals surface area contributed by atoms with Gasteiger partial charge in [-0.25, -0.2) is 4.79 Å². The first-order chi connectivity index (χ1) is 6.07. The van der Waals surface area contributed by atoms with Crippen molar-refractivity contribution < 1.29 is 19.4 Å². The fourth-order valence-corrected chi connectivity index (χ4v) is 0.466. The van der Waals surface area contributed by atoms with E-state index in [1.54, 1.807) is 0 Å². The summed E-state index contributed by atoms with van der Waals surface area (Å²) in [5, 5.41) is 10.5. The van der Waals surface area contributed by atoms with Crippen LogP contribution in [0.1, 0.15) is 0 Å². The number of carbonyl (C=O) groups is 2. The zero-order valence-electron chi connectivity index (χ0n) is 7.03. The molecule has 0 saturated heterocycles. The van der Waals surface area contributed by atoms with Gasteiger partial charge in [-0.2, -0.15) is 0 Å². The summed E-state index contributed by atoms with van der Waals surface area (Å²) in [5.41, 5.74) is 5.10. The molecule has 13 heavy (non-hydrogen) atoms. The molecule has 6 nitrogen and oxygen atoms in total. The standard InChI is InChI=1S/C7H12N2O4/c1-2-3-13-7(12)9-4-5(8)6(10)11/h2,5H,1,3-4,8H2,(H,9,12)(H,10,11)/t5-/m1/s1. The fourth-order valence-electron chi connectivity index (χ4n) is 0.466. The molecule has 0 aliphatic rings. The second kappa shape index (κ2) is 6.01. The Morgan fingerprint density at radius 3 is 2.77 bits per heavy atom. The SMILES string of the molecule is C=CCOC(=O)NC[C@@H](N)C(=O)O. The van der Waals surface area contributed by atoms with Crippen LogP contribution in [0.2, 0.25) is 0 Å². The van der Waals surface area contributed by atoms with Crippen molar-refractivity contribution >= 4 is 12.1 Å². The summed E-state index contributed by atoms with van der Waals surface area (Å²) in [4.78, 5) is 20.9. The van der Waals surface area contributed by atoms with E-state index >= 15 is 0 Å². The Morgan fingerprint density at radius 1 is 1.69 bits per heavy atom. The van der Waals surface area contributed by atoms with Gasteiger partial charge in [0.25, 0.3) is 0 Å². The molecule has 0 radical (unpaired) electrons. The van der Waals surface area contributed by atoms with Crippen LogP contribution in [0.15, 0.2) is 12.7 Å². The molecule has 0 aromatic heterocycles. The van der Waals surface area contributed by atoms with Crippen LogP contribution < -0.4 is 11.1 Å². The summed E-state index contributed by atoms with van der Waals surface area (Å²) in [6, 6.07) is -1.11. The molecule has 0 rings (SSSR count). The number of carbonyl (C=O) groups excluding carboxylic acids is 1. The molecule has 6 heteroatoms. The lowest BCUT2D eigenvalue weighted by atomic mass is 10.3. The second-order valence-electron chi connectivity index (χ2n) is 2.21. The monoisotopic (exact) mass is 188 g/mol. The molecule has 0 aromatic carbocycles. The molecule has 1 amide bonds. The van der Waals surface area contributed by atoms with Gasteiger partial charge >= 0.3 is 12.1 Å². The van der Waals surface area contributed by atoms with Crippen molar-refractivity contribution in [3.05, 3.63) is 12.7 Å². The van der Waals surface area contributed by atoms with E-state index in [9.17, 15) is 9.59 Å². The maximum Gasteiger partial charge on any atom is 0.407 e. The number of ether oxygens (including phenoxy) is 1. The molecule has 4 N–H and O–H groups in total. The molecular formula is C7H12N2O4. The van der Waals surface area contributed by atoms with Crippen molar-refractivity contribution in [1.29, 1.82) is 0 Å². The van der Waals surface area contributed by atoms with Gasteiger partial charge in [-0.3, -0.25) is 4.79 Å². The lowest BCUT2D eigenvalue weighted by molar-refractivity contribution is -0.138. The van der Waals surface area contributed by atoms with Crippen molar-refractivity contribution in [2.45, 2.75) is 6.04 Å². The molecule has 0 heterocycles. The predicted octanol–water partition coefficient (Wildman–Crippen LogP) is -0.689. The van der Waals surface area contributed by atoms with Crippen LogP contribution in [0.25, 0.3) is 0 Å². The predicted molar refractivity (Wildman–Crippen MR) is 45.2 cm³/mol. The summed E-state index contributed by atoms with van der Waals surface area (Å²) in [6.07, 6.45) is 0.688. The molecule has 0 fully saturated rings. The first-order valence-electron chi connectivity index (χ1n) is 3.57. The number of alkyl carbamates (subject to hydrolysis) is 1. The number of nitrogens with two attached hydrogens (primary N) is 1. The highest BCUT2D eigenvalue weighted by Gasteiger charge is 2.12.